The quantitative estimate of drug-likeness (QED) is 0.681. The number of carbonyl (C=O) groups is 2. The Morgan fingerprint density at radius 3 is 2.71 bits per heavy atom. The summed E-state index contributed by atoms with van der Waals surface area (Å²) in [6.07, 6.45) is 1.69. The second-order valence-electron chi connectivity index (χ2n) is 4.94. The number of nitrogens with zero attached hydrogens (tertiary/aromatic N) is 2. The van der Waals surface area contributed by atoms with E-state index >= 15 is 0 Å². The van der Waals surface area contributed by atoms with E-state index in [9.17, 15) is 9.59 Å². The van der Waals surface area contributed by atoms with Gasteiger partial charge < -0.3 is 20.5 Å². The zero-order valence-corrected chi connectivity index (χ0v) is 13.2. The van der Waals surface area contributed by atoms with Gasteiger partial charge in [0.2, 0.25) is 5.91 Å². The molecule has 0 aliphatic carbocycles. The molecule has 1 heterocycles. The number of aromatic nitrogens is 2. The number of hydrogen-bond donors (Lipinski definition) is 3. The Morgan fingerprint density at radius 2 is 1.96 bits per heavy atom. The van der Waals surface area contributed by atoms with Gasteiger partial charge in [0, 0.05) is 30.7 Å². The number of hydrogen-bond acceptors (Lipinski definition) is 6. The van der Waals surface area contributed by atoms with Crippen LogP contribution in [0.4, 0.5) is 17.3 Å². The monoisotopic (exact) mass is 330 g/mol. The van der Waals surface area contributed by atoms with Crippen molar-refractivity contribution < 1.29 is 19.4 Å². The summed E-state index contributed by atoms with van der Waals surface area (Å²) >= 11 is 0. The van der Waals surface area contributed by atoms with E-state index in [1.54, 1.807) is 13.2 Å². The summed E-state index contributed by atoms with van der Waals surface area (Å²) in [5, 5.41) is 14.3. The lowest BCUT2D eigenvalue weighted by Crippen LogP contribution is -2.13. The highest BCUT2D eigenvalue weighted by Gasteiger charge is 2.07. The van der Waals surface area contributed by atoms with E-state index in [1.807, 2.05) is 24.3 Å². The van der Waals surface area contributed by atoms with Crippen LogP contribution in [0.1, 0.15) is 19.3 Å². The molecule has 8 heteroatoms. The molecule has 0 saturated heterocycles. The van der Waals surface area contributed by atoms with Crippen molar-refractivity contribution in [3.05, 3.63) is 36.7 Å². The van der Waals surface area contributed by atoms with Crippen LogP contribution in [0.15, 0.2) is 36.7 Å². The van der Waals surface area contributed by atoms with Crippen LogP contribution in [0.25, 0.3) is 0 Å². The van der Waals surface area contributed by atoms with Crippen molar-refractivity contribution in [2.24, 2.45) is 0 Å². The van der Waals surface area contributed by atoms with Gasteiger partial charge in [-0.3, -0.25) is 9.59 Å². The molecule has 0 atom stereocenters. The average Bonchev–Trinajstić information content (AvgIpc) is 2.55. The zero-order chi connectivity index (χ0) is 17.4. The van der Waals surface area contributed by atoms with E-state index in [-0.39, 0.29) is 25.2 Å². The zero-order valence-electron chi connectivity index (χ0n) is 13.2. The Labute approximate surface area is 138 Å². The van der Waals surface area contributed by atoms with Gasteiger partial charge in [-0.15, -0.1) is 0 Å². The standard InChI is InChI=1S/C16H18N4O4/c1-24-12-5-2-4-11(8-12)19-13-9-14(18-10-17-13)20-15(21)6-3-7-16(22)23/h2,4-5,8-10H,3,6-7H2,1H3,(H,22,23)(H2,17,18,19,20,21). The van der Waals surface area contributed by atoms with Gasteiger partial charge in [-0.2, -0.15) is 0 Å². The van der Waals surface area contributed by atoms with Crippen LogP contribution in [0.5, 0.6) is 5.75 Å². The third kappa shape index (κ3) is 5.56. The number of carboxylic acids is 1. The van der Waals surface area contributed by atoms with Gasteiger partial charge in [0.1, 0.15) is 23.7 Å². The first kappa shape index (κ1) is 17.2. The van der Waals surface area contributed by atoms with E-state index in [0.717, 1.165) is 5.69 Å². The lowest BCUT2D eigenvalue weighted by Gasteiger charge is -2.09. The molecule has 0 saturated carbocycles. The smallest absolute Gasteiger partial charge is 0.303 e. The van der Waals surface area contributed by atoms with E-state index < -0.39 is 5.97 Å². The van der Waals surface area contributed by atoms with Crippen molar-refractivity contribution in [1.29, 1.82) is 0 Å². The first-order valence-electron chi connectivity index (χ1n) is 7.31. The highest BCUT2D eigenvalue weighted by atomic mass is 16.5. The van der Waals surface area contributed by atoms with Crippen molar-refractivity contribution in [2.45, 2.75) is 19.3 Å². The molecule has 126 valence electrons. The minimum absolute atomic E-state index is 0.0418. The van der Waals surface area contributed by atoms with Crippen LogP contribution in [0.2, 0.25) is 0 Å². The first-order chi connectivity index (χ1) is 11.6. The highest BCUT2D eigenvalue weighted by Crippen LogP contribution is 2.21. The minimum Gasteiger partial charge on any atom is -0.497 e. The minimum atomic E-state index is -0.922. The third-order valence-corrected chi connectivity index (χ3v) is 3.07. The molecular formula is C16H18N4O4. The fourth-order valence-corrected chi connectivity index (χ4v) is 1.95. The van der Waals surface area contributed by atoms with Crippen molar-refractivity contribution >= 4 is 29.2 Å². The second-order valence-corrected chi connectivity index (χ2v) is 4.94. The lowest BCUT2D eigenvalue weighted by atomic mass is 10.2. The molecule has 0 unspecified atom stereocenters. The summed E-state index contributed by atoms with van der Waals surface area (Å²) in [6.45, 7) is 0. The molecule has 2 rings (SSSR count). The predicted molar refractivity (Wildman–Crippen MR) is 88.4 cm³/mol. The average molecular weight is 330 g/mol. The number of anilines is 3. The Balaban J connectivity index is 1.95. The van der Waals surface area contributed by atoms with Crippen molar-refractivity contribution in [3.8, 4) is 5.75 Å². The maximum Gasteiger partial charge on any atom is 0.303 e. The lowest BCUT2D eigenvalue weighted by molar-refractivity contribution is -0.137. The SMILES string of the molecule is COc1cccc(Nc2cc(NC(=O)CCCC(=O)O)ncn2)c1. The Bertz CT molecular complexity index is 721. The topological polar surface area (TPSA) is 113 Å². The van der Waals surface area contributed by atoms with Crippen LogP contribution in [0.3, 0.4) is 0 Å². The van der Waals surface area contributed by atoms with Crippen LogP contribution < -0.4 is 15.4 Å². The van der Waals surface area contributed by atoms with Crippen LogP contribution >= 0.6 is 0 Å². The molecule has 0 aliphatic rings. The summed E-state index contributed by atoms with van der Waals surface area (Å²) in [6, 6.07) is 8.93. The van der Waals surface area contributed by atoms with Gasteiger partial charge in [0.05, 0.1) is 7.11 Å². The fourth-order valence-electron chi connectivity index (χ4n) is 1.95. The van der Waals surface area contributed by atoms with E-state index in [0.29, 0.717) is 17.4 Å². The number of rotatable bonds is 8. The number of methoxy groups -OCH3 is 1. The molecule has 3 N–H and O–H groups in total. The number of carboxylic acid groups (broad SMARTS) is 1. The first-order valence-corrected chi connectivity index (χ1v) is 7.31. The van der Waals surface area contributed by atoms with E-state index in [2.05, 4.69) is 20.6 Å². The molecule has 24 heavy (non-hydrogen) atoms. The number of carbonyl (C=O) groups excluding carboxylic acids is 1. The number of benzene rings is 1. The Morgan fingerprint density at radius 1 is 1.17 bits per heavy atom. The van der Waals surface area contributed by atoms with Gasteiger partial charge in [0.25, 0.3) is 0 Å². The Hall–Kier alpha value is -3.16. The molecular weight excluding hydrogens is 312 g/mol. The third-order valence-electron chi connectivity index (χ3n) is 3.07. The maximum atomic E-state index is 11.7. The van der Waals surface area contributed by atoms with Crippen molar-refractivity contribution in [3.63, 3.8) is 0 Å². The number of aliphatic carboxylic acids is 1. The van der Waals surface area contributed by atoms with E-state index in [4.69, 9.17) is 9.84 Å². The number of nitrogens with one attached hydrogen (secondary N) is 2. The molecule has 0 radical (unpaired) electrons. The molecule has 8 nitrogen and oxygen atoms in total. The summed E-state index contributed by atoms with van der Waals surface area (Å²) in [7, 11) is 1.59. The molecule has 2 aromatic rings. The predicted octanol–water partition coefficient (Wildman–Crippen LogP) is 2.42. The molecule has 1 aromatic heterocycles. The molecule has 1 amide bonds. The maximum absolute atomic E-state index is 11.7. The number of amides is 1. The number of ether oxygens (including phenoxy) is 1. The molecule has 1 aromatic carbocycles. The van der Waals surface area contributed by atoms with Crippen LogP contribution in [-0.2, 0) is 9.59 Å². The summed E-state index contributed by atoms with van der Waals surface area (Å²) in [4.78, 5) is 30.2. The highest BCUT2D eigenvalue weighted by molar-refractivity contribution is 5.90. The normalized spacial score (nSPS) is 10.0. The van der Waals surface area contributed by atoms with Crippen molar-refractivity contribution in [2.75, 3.05) is 17.7 Å². The Kier molecular flexibility index (Phi) is 6.07. The molecule has 0 spiro atoms. The molecule has 0 aliphatic heterocycles. The summed E-state index contributed by atoms with van der Waals surface area (Å²) in [5.74, 6) is 0.354. The van der Waals surface area contributed by atoms with Gasteiger partial charge in [0.15, 0.2) is 0 Å². The van der Waals surface area contributed by atoms with Gasteiger partial charge in [-0.25, -0.2) is 9.97 Å². The van der Waals surface area contributed by atoms with Gasteiger partial charge >= 0.3 is 5.97 Å². The fraction of sp³-hybridized carbons (Fsp3) is 0.250. The molecule has 0 fully saturated rings. The van der Waals surface area contributed by atoms with Gasteiger partial charge in [-0.05, 0) is 18.6 Å². The summed E-state index contributed by atoms with van der Waals surface area (Å²) < 4.78 is 5.15. The van der Waals surface area contributed by atoms with Crippen molar-refractivity contribution in [1.82, 2.24) is 9.97 Å². The van der Waals surface area contributed by atoms with Crippen LogP contribution in [0, 0.1) is 0 Å². The molecule has 0 bridgehead atoms. The summed E-state index contributed by atoms with van der Waals surface area (Å²) in [5.41, 5.74) is 0.784. The second kappa shape index (κ2) is 8.47. The van der Waals surface area contributed by atoms with E-state index in [1.165, 1.54) is 6.33 Å². The largest absolute Gasteiger partial charge is 0.497 e. The van der Waals surface area contributed by atoms with Gasteiger partial charge in [-0.1, -0.05) is 6.07 Å². The van der Waals surface area contributed by atoms with Crippen LogP contribution in [-0.4, -0.2) is 34.1 Å².